The van der Waals surface area contributed by atoms with Gasteiger partial charge in [-0.05, 0) is 42.8 Å². The predicted octanol–water partition coefficient (Wildman–Crippen LogP) is 4.32. The van der Waals surface area contributed by atoms with Crippen LogP contribution in [0.1, 0.15) is 21.6 Å². The van der Waals surface area contributed by atoms with E-state index in [2.05, 4.69) is 15.5 Å². The highest BCUT2D eigenvalue weighted by Crippen LogP contribution is 2.30. The summed E-state index contributed by atoms with van der Waals surface area (Å²) in [4.78, 5) is 16.7. The third-order valence-corrected chi connectivity index (χ3v) is 3.51. The number of aryl methyl sites for hydroxylation is 1. The van der Waals surface area contributed by atoms with Gasteiger partial charge in [0.1, 0.15) is 12.0 Å². The highest BCUT2D eigenvalue weighted by atomic mass is 19.4. The number of carbonyl (C=O) groups excluding carboxylic acids is 1. The Balaban J connectivity index is 1.83. The number of amides is 1. The molecule has 0 atom stereocenters. The monoisotopic (exact) mass is 347 g/mol. The molecule has 2 aromatic heterocycles. The van der Waals surface area contributed by atoms with E-state index in [1.54, 1.807) is 19.1 Å². The first kappa shape index (κ1) is 16.7. The van der Waals surface area contributed by atoms with Crippen molar-refractivity contribution in [3.05, 3.63) is 65.7 Å². The molecule has 3 aromatic rings. The van der Waals surface area contributed by atoms with Crippen LogP contribution >= 0.6 is 0 Å². The van der Waals surface area contributed by atoms with Gasteiger partial charge in [-0.1, -0.05) is 11.2 Å². The Labute approximate surface area is 140 Å². The molecule has 1 N–H and O–H groups in total. The highest BCUT2D eigenvalue weighted by Gasteiger charge is 2.30. The number of aromatic nitrogens is 2. The number of alkyl halides is 3. The molecule has 0 spiro atoms. The zero-order chi connectivity index (χ0) is 18.0. The lowest BCUT2D eigenvalue weighted by atomic mass is 10.1. The average Bonchev–Trinajstić information content (AvgIpc) is 3.09. The van der Waals surface area contributed by atoms with E-state index in [1.807, 2.05) is 0 Å². The first-order valence-corrected chi connectivity index (χ1v) is 7.20. The van der Waals surface area contributed by atoms with E-state index in [-0.39, 0.29) is 11.4 Å². The van der Waals surface area contributed by atoms with Gasteiger partial charge in [0, 0.05) is 5.69 Å². The largest absolute Gasteiger partial charge is 0.416 e. The molecule has 1 aromatic carbocycles. The Kier molecular flexibility index (Phi) is 4.26. The van der Waals surface area contributed by atoms with Crippen molar-refractivity contribution >= 4 is 11.6 Å². The second kappa shape index (κ2) is 6.39. The molecule has 5 nitrogen and oxygen atoms in total. The number of rotatable bonds is 3. The third-order valence-electron chi connectivity index (χ3n) is 3.51. The van der Waals surface area contributed by atoms with Crippen LogP contribution in [-0.2, 0) is 6.18 Å². The fourth-order valence-electron chi connectivity index (χ4n) is 2.18. The predicted molar refractivity (Wildman–Crippen MR) is 83.9 cm³/mol. The minimum atomic E-state index is -4.42. The number of hydrogen-bond donors (Lipinski definition) is 1. The SMILES string of the molecule is Cc1ccc(-c2cnoc2)nc1C(=O)Nc1ccc(C(F)(F)F)cc1. The minimum Gasteiger partial charge on any atom is -0.364 e. The fraction of sp³-hybridized carbons (Fsp3) is 0.118. The maximum absolute atomic E-state index is 12.6. The van der Waals surface area contributed by atoms with Gasteiger partial charge < -0.3 is 9.84 Å². The van der Waals surface area contributed by atoms with Crippen LogP contribution in [0.2, 0.25) is 0 Å². The van der Waals surface area contributed by atoms with Gasteiger partial charge in [-0.15, -0.1) is 0 Å². The summed E-state index contributed by atoms with van der Waals surface area (Å²) in [7, 11) is 0. The summed E-state index contributed by atoms with van der Waals surface area (Å²) >= 11 is 0. The van der Waals surface area contributed by atoms with Crippen molar-refractivity contribution in [1.29, 1.82) is 0 Å². The molecule has 3 rings (SSSR count). The quantitative estimate of drug-likeness (QED) is 0.766. The molecule has 128 valence electrons. The minimum absolute atomic E-state index is 0.165. The number of nitrogens with zero attached hydrogens (tertiary/aromatic N) is 2. The summed E-state index contributed by atoms with van der Waals surface area (Å²) in [6, 6.07) is 7.64. The number of pyridine rings is 1. The molecule has 0 aliphatic heterocycles. The van der Waals surface area contributed by atoms with Crippen LogP contribution in [0.15, 0.2) is 53.4 Å². The molecule has 25 heavy (non-hydrogen) atoms. The Bertz CT molecular complexity index is 889. The maximum Gasteiger partial charge on any atom is 0.416 e. The Morgan fingerprint density at radius 3 is 2.44 bits per heavy atom. The molecule has 0 aliphatic carbocycles. The summed E-state index contributed by atoms with van der Waals surface area (Å²) in [6.45, 7) is 1.71. The molecular weight excluding hydrogens is 335 g/mol. The van der Waals surface area contributed by atoms with Crippen molar-refractivity contribution in [3.63, 3.8) is 0 Å². The highest BCUT2D eigenvalue weighted by molar-refractivity contribution is 6.04. The van der Waals surface area contributed by atoms with Crippen LogP contribution < -0.4 is 5.32 Å². The summed E-state index contributed by atoms with van der Waals surface area (Å²) in [5, 5.41) is 6.13. The van der Waals surface area contributed by atoms with E-state index >= 15 is 0 Å². The van der Waals surface area contributed by atoms with Gasteiger partial charge in [-0.2, -0.15) is 13.2 Å². The Morgan fingerprint density at radius 2 is 1.84 bits per heavy atom. The van der Waals surface area contributed by atoms with Crippen LogP contribution in [0.5, 0.6) is 0 Å². The second-order valence-electron chi connectivity index (χ2n) is 5.30. The van der Waals surface area contributed by atoms with E-state index in [0.29, 0.717) is 16.8 Å². The number of nitrogens with one attached hydrogen (secondary N) is 1. The van der Waals surface area contributed by atoms with Crippen molar-refractivity contribution in [2.24, 2.45) is 0 Å². The lowest BCUT2D eigenvalue weighted by Crippen LogP contribution is -2.16. The summed E-state index contributed by atoms with van der Waals surface area (Å²) < 4.78 is 42.5. The van der Waals surface area contributed by atoms with Crippen molar-refractivity contribution < 1.29 is 22.5 Å². The first-order chi connectivity index (χ1) is 11.8. The zero-order valence-electron chi connectivity index (χ0n) is 13.0. The lowest BCUT2D eigenvalue weighted by molar-refractivity contribution is -0.137. The van der Waals surface area contributed by atoms with Gasteiger partial charge in [-0.3, -0.25) is 4.79 Å². The molecule has 0 aliphatic rings. The standard InChI is InChI=1S/C17H12F3N3O2/c1-10-2-7-14(11-8-21-25-9-11)23-15(10)16(24)22-13-5-3-12(4-6-13)17(18,19)20/h2-9H,1H3,(H,22,24). The van der Waals surface area contributed by atoms with Crippen LogP contribution in [0.25, 0.3) is 11.3 Å². The maximum atomic E-state index is 12.6. The molecule has 0 bridgehead atoms. The van der Waals surface area contributed by atoms with Crippen molar-refractivity contribution in [2.75, 3.05) is 5.32 Å². The summed E-state index contributed by atoms with van der Waals surface area (Å²) in [5.74, 6) is -0.518. The summed E-state index contributed by atoms with van der Waals surface area (Å²) in [6.07, 6.45) is -1.56. The van der Waals surface area contributed by atoms with Gasteiger partial charge in [0.05, 0.1) is 23.0 Å². The molecule has 2 heterocycles. The van der Waals surface area contributed by atoms with E-state index < -0.39 is 17.6 Å². The average molecular weight is 347 g/mol. The van der Waals surface area contributed by atoms with E-state index in [9.17, 15) is 18.0 Å². The van der Waals surface area contributed by atoms with Crippen molar-refractivity contribution in [1.82, 2.24) is 10.1 Å². The molecule has 8 heteroatoms. The van der Waals surface area contributed by atoms with E-state index in [4.69, 9.17) is 4.52 Å². The van der Waals surface area contributed by atoms with Gasteiger partial charge in [0.15, 0.2) is 0 Å². The number of benzene rings is 1. The van der Waals surface area contributed by atoms with Gasteiger partial charge in [0.2, 0.25) is 0 Å². The molecular formula is C17H12F3N3O2. The van der Waals surface area contributed by atoms with Crippen LogP contribution in [0.4, 0.5) is 18.9 Å². The zero-order valence-corrected chi connectivity index (χ0v) is 13.0. The summed E-state index contributed by atoms with van der Waals surface area (Å²) in [5.41, 5.74) is 1.38. The molecule has 0 unspecified atom stereocenters. The van der Waals surface area contributed by atoms with Gasteiger partial charge in [0.25, 0.3) is 5.91 Å². The van der Waals surface area contributed by atoms with Gasteiger partial charge >= 0.3 is 6.18 Å². The van der Waals surface area contributed by atoms with Crippen LogP contribution in [0, 0.1) is 6.92 Å². The molecule has 0 saturated heterocycles. The van der Waals surface area contributed by atoms with Crippen LogP contribution in [0.3, 0.4) is 0 Å². The Hall–Kier alpha value is -3.16. The smallest absolute Gasteiger partial charge is 0.364 e. The van der Waals surface area contributed by atoms with E-state index in [1.165, 1.54) is 24.6 Å². The Morgan fingerprint density at radius 1 is 1.12 bits per heavy atom. The fourth-order valence-corrected chi connectivity index (χ4v) is 2.18. The second-order valence-corrected chi connectivity index (χ2v) is 5.30. The number of halogens is 3. The number of hydrogen-bond acceptors (Lipinski definition) is 4. The normalized spacial score (nSPS) is 11.4. The number of carbonyl (C=O) groups is 1. The molecule has 0 radical (unpaired) electrons. The molecule has 0 fully saturated rings. The van der Waals surface area contributed by atoms with Crippen LogP contribution in [-0.4, -0.2) is 16.0 Å². The number of anilines is 1. The third kappa shape index (κ3) is 3.68. The molecule has 0 saturated carbocycles. The molecule has 1 amide bonds. The van der Waals surface area contributed by atoms with Crippen molar-refractivity contribution in [3.8, 4) is 11.3 Å². The first-order valence-electron chi connectivity index (χ1n) is 7.20. The lowest BCUT2D eigenvalue weighted by Gasteiger charge is -2.10. The van der Waals surface area contributed by atoms with Gasteiger partial charge in [-0.25, -0.2) is 4.98 Å². The van der Waals surface area contributed by atoms with E-state index in [0.717, 1.165) is 12.1 Å². The topological polar surface area (TPSA) is 68.0 Å². The van der Waals surface area contributed by atoms with Crippen molar-refractivity contribution in [2.45, 2.75) is 13.1 Å².